The van der Waals surface area contributed by atoms with Crippen LogP contribution in [0, 0.1) is 22.7 Å². The van der Waals surface area contributed by atoms with Crippen LogP contribution in [0.1, 0.15) is 5.56 Å². The predicted octanol–water partition coefficient (Wildman–Crippen LogP) is 3.07. The molecular formula is C13H7BrN4. The molecule has 2 rings (SSSR count). The number of allylic oxidation sites excluding steroid dienone is 1. The van der Waals surface area contributed by atoms with Crippen LogP contribution in [0.4, 0.5) is 0 Å². The van der Waals surface area contributed by atoms with Crippen molar-refractivity contribution in [3.05, 3.63) is 52.3 Å². The van der Waals surface area contributed by atoms with E-state index in [9.17, 15) is 0 Å². The second-order valence-corrected chi connectivity index (χ2v) is 4.36. The van der Waals surface area contributed by atoms with Gasteiger partial charge in [0.1, 0.15) is 17.7 Å². The molecule has 0 spiro atoms. The quantitative estimate of drug-likeness (QED) is 0.800. The molecule has 1 aromatic heterocycles. The van der Waals surface area contributed by atoms with E-state index in [1.54, 1.807) is 17.0 Å². The maximum atomic E-state index is 8.78. The van der Waals surface area contributed by atoms with Crippen LogP contribution < -0.4 is 0 Å². The Labute approximate surface area is 113 Å². The molecule has 1 heterocycles. The lowest BCUT2D eigenvalue weighted by Crippen LogP contribution is -1.97. The van der Waals surface area contributed by atoms with Gasteiger partial charge in [0.2, 0.25) is 0 Å². The third kappa shape index (κ3) is 2.48. The van der Waals surface area contributed by atoms with Crippen molar-refractivity contribution in [3.8, 4) is 17.8 Å². The van der Waals surface area contributed by atoms with E-state index in [1.807, 2.05) is 42.6 Å². The van der Waals surface area contributed by atoms with Crippen LogP contribution in [0.25, 0.3) is 11.8 Å². The van der Waals surface area contributed by atoms with E-state index in [1.165, 1.54) is 0 Å². The highest BCUT2D eigenvalue weighted by molar-refractivity contribution is 9.10. The lowest BCUT2D eigenvalue weighted by Gasteiger charge is -2.05. The topological polar surface area (TPSA) is 65.4 Å². The van der Waals surface area contributed by atoms with Crippen LogP contribution in [-0.2, 0) is 0 Å². The molecule has 18 heavy (non-hydrogen) atoms. The van der Waals surface area contributed by atoms with Gasteiger partial charge in [-0.2, -0.15) is 15.6 Å². The van der Waals surface area contributed by atoms with Crippen LogP contribution in [0.15, 0.2) is 46.7 Å². The Hall–Kier alpha value is -2.37. The van der Waals surface area contributed by atoms with Gasteiger partial charge in [0.25, 0.3) is 0 Å². The molecule has 86 valence electrons. The number of nitriles is 2. The largest absolute Gasteiger partial charge is 0.239 e. The number of hydrogen-bond donors (Lipinski definition) is 0. The van der Waals surface area contributed by atoms with Crippen LogP contribution in [0.5, 0.6) is 0 Å². The molecule has 0 atom stereocenters. The van der Waals surface area contributed by atoms with Gasteiger partial charge >= 0.3 is 0 Å². The Balaban J connectivity index is 2.55. The molecule has 0 radical (unpaired) electrons. The molecular weight excluding hydrogens is 292 g/mol. The third-order valence-electron chi connectivity index (χ3n) is 2.28. The van der Waals surface area contributed by atoms with Gasteiger partial charge in [0.15, 0.2) is 0 Å². The average Bonchev–Trinajstić information content (AvgIpc) is 2.83. The lowest BCUT2D eigenvalue weighted by molar-refractivity contribution is 0.878. The monoisotopic (exact) mass is 298 g/mol. The molecule has 0 unspecified atom stereocenters. The summed E-state index contributed by atoms with van der Waals surface area (Å²) >= 11 is 3.33. The number of para-hydroxylation sites is 1. The van der Waals surface area contributed by atoms with Crippen LogP contribution in [0.3, 0.4) is 0 Å². The van der Waals surface area contributed by atoms with Crippen LogP contribution in [-0.4, -0.2) is 9.78 Å². The SMILES string of the molecule is N#CC(C#N)=Cc1ccccc1-n1cc(Br)cn1. The lowest BCUT2D eigenvalue weighted by atomic mass is 10.1. The summed E-state index contributed by atoms with van der Waals surface area (Å²) in [5.41, 5.74) is 1.64. The van der Waals surface area contributed by atoms with Crippen LogP contribution >= 0.6 is 15.9 Å². The fourth-order valence-corrected chi connectivity index (χ4v) is 1.78. The Morgan fingerprint density at radius 2 is 2.00 bits per heavy atom. The molecule has 0 bridgehead atoms. The average molecular weight is 299 g/mol. The van der Waals surface area contributed by atoms with Crippen molar-refractivity contribution in [2.75, 3.05) is 0 Å². The highest BCUT2D eigenvalue weighted by Gasteiger charge is 2.04. The van der Waals surface area contributed by atoms with Gasteiger partial charge < -0.3 is 0 Å². The zero-order valence-electron chi connectivity index (χ0n) is 9.21. The van der Waals surface area contributed by atoms with Gasteiger partial charge in [-0.1, -0.05) is 18.2 Å². The van der Waals surface area contributed by atoms with Crippen molar-refractivity contribution in [3.63, 3.8) is 0 Å². The van der Waals surface area contributed by atoms with Gasteiger partial charge in [-0.3, -0.25) is 0 Å². The van der Waals surface area contributed by atoms with Crippen molar-refractivity contribution < 1.29 is 0 Å². The van der Waals surface area contributed by atoms with Crippen molar-refractivity contribution in [1.82, 2.24) is 9.78 Å². The van der Waals surface area contributed by atoms with Crippen LogP contribution in [0.2, 0.25) is 0 Å². The summed E-state index contributed by atoms with van der Waals surface area (Å²) in [7, 11) is 0. The summed E-state index contributed by atoms with van der Waals surface area (Å²) < 4.78 is 2.55. The van der Waals surface area contributed by atoms with Gasteiger partial charge in [0, 0.05) is 11.8 Å². The molecule has 0 saturated carbocycles. The first kappa shape index (κ1) is 12.1. The minimum Gasteiger partial charge on any atom is -0.239 e. The zero-order valence-corrected chi connectivity index (χ0v) is 10.8. The smallest absolute Gasteiger partial charge is 0.130 e. The third-order valence-corrected chi connectivity index (χ3v) is 2.68. The molecule has 2 aromatic rings. The molecule has 0 aliphatic heterocycles. The number of halogens is 1. The fourth-order valence-electron chi connectivity index (χ4n) is 1.50. The van der Waals surface area contributed by atoms with E-state index >= 15 is 0 Å². The van der Waals surface area contributed by atoms with Crippen molar-refractivity contribution in [2.45, 2.75) is 0 Å². The van der Waals surface area contributed by atoms with E-state index in [0.29, 0.717) is 0 Å². The van der Waals surface area contributed by atoms with Gasteiger partial charge in [-0.25, -0.2) is 4.68 Å². The first-order valence-electron chi connectivity index (χ1n) is 5.06. The number of hydrogen-bond acceptors (Lipinski definition) is 3. The van der Waals surface area contributed by atoms with Gasteiger partial charge in [0.05, 0.1) is 16.4 Å². The minimum atomic E-state index is 0.0636. The highest BCUT2D eigenvalue weighted by atomic mass is 79.9. The van der Waals surface area contributed by atoms with E-state index in [-0.39, 0.29) is 5.57 Å². The Morgan fingerprint density at radius 3 is 2.61 bits per heavy atom. The predicted molar refractivity (Wildman–Crippen MR) is 70.5 cm³/mol. The Bertz CT molecular complexity index is 670. The first-order valence-corrected chi connectivity index (χ1v) is 5.85. The molecule has 0 aliphatic rings. The van der Waals surface area contributed by atoms with Crippen molar-refractivity contribution in [1.29, 1.82) is 10.5 Å². The van der Waals surface area contributed by atoms with Crippen molar-refractivity contribution in [2.24, 2.45) is 0 Å². The number of nitrogens with zero attached hydrogens (tertiary/aromatic N) is 4. The molecule has 0 N–H and O–H groups in total. The highest BCUT2D eigenvalue weighted by Crippen LogP contribution is 2.18. The summed E-state index contributed by atoms with van der Waals surface area (Å²) in [6.07, 6.45) is 5.03. The maximum absolute atomic E-state index is 8.78. The Morgan fingerprint density at radius 1 is 1.28 bits per heavy atom. The fraction of sp³-hybridized carbons (Fsp3) is 0. The molecule has 0 saturated heterocycles. The molecule has 1 aromatic carbocycles. The summed E-state index contributed by atoms with van der Waals surface area (Å²) in [4.78, 5) is 0. The molecule has 0 amide bonds. The zero-order chi connectivity index (χ0) is 13.0. The molecule has 4 nitrogen and oxygen atoms in total. The standard InChI is InChI=1S/C13H7BrN4/c14-12-8-17-18(9-12)13-4-2-1-3-11(13)5-10(6-15)7-16/h1-5,8-9H. The first-order chi connectivity index (χ1) is 8.74. The summed E-state index contributed by atoms with van der Waals surface area (Å²) in [5, 5.41) is 21.7. The van der Waals surface area contributed by atoms with Gasteiger partial charge in [-0.15, -0.1) is 0 Å². The summed E-state index contributed by atoms with van der Waals surface area (Å²) in [6.45, 7) is 0. The number of aromatic nitrogens is 2. The van der Waals surface area contributed by atoms with E-state index in [2.05, 4.69) is 21.0 Å². The molecule has 0 fully saturated rings. The second kappa shape index (κ2) is 5.31. The van der Waals surface area contributed by atoms with E-state index in [0.717, 1.165) is 15.7 Å². The minimum absolute atomic E-state index is 0.0636. The Kier molecular flexibility index (Phi) is 3.57. The number of benzene rings is 1. The normalized spacial score (nSPS) is 9.28. The van der Waals surface area contributed by atoms with E-state index < -0.39 is 0 Å². The van der Waals surface area contributed by atoms with Gasteiger partial charge in [-0.05, 0) is 28.1 Å². The summed E-state index contributed by atoms with van der Waals surface area (Å²) in [5.74, 6) is 0. The number of rotatable bonds is 2. The van der Waals surface area contributed by atoms with E-state index in [4.69, 9.17) is 10.5 Å². The molecule has 0 aliphatic carbocycles. The second-order valence-electron chi connectivity index (χ2n) is 3.44. The van der Waals surface area contributed by atoms with Crippen molar-refractivity contribution >= 4 is 22.0 Å². The molecule has 5 heteroatoms. The summed E-state index contributed by atoms with van der Waals surface area (Å²) in [6, 6.07) is 11.1. The maximum Gasteiger partial charge on any atom is 0.130 e.